The summed E-state index contributed by atoms with van der Waals surface area (Å²) in [6.07, 6.45) is 0.812. The zero-order chi connectivity index (χ0) is 15.6. The van der Waals surface area contributed by atoms with Crippen LogP contribution < -0.4 is 4.74 Å². The molecule has 0 aliphatic heterocycles. The standard InChI is InChI=1S/C14H16BrN3O3/c1-4-7-17-14(13(18(19)20)10(3)16-17)21-12-8-11(15)6-5-9(12)2/h5-6,8H,4,7H2,1-3H3. The van der Waals surface area contributed by atoms with Gasteiger partial charge < -0.3 is 4.74 Å². The Morgan fingerprint density at radius 1 is 1.43 bits per heavy atom. The summed E-state index contributed by atoms with van der Waals surface area (Å²) < 4.78 is 8.22. The zero-order valence-corrected chi connectivity index (χ0v) is 13.7. The first-order valence-corrected chi connectivity index (χ1v) is 7.39. The van der Waals surface area contributed by atoms with Gasteiger partial charge in [0.25, 0.3) is 5.88 Å². The number of aryl methyl sites for hydroxylation is 3. The van der Waals surface area contributed by atoms with Gasteiger partial charge in [-0.1, -0.05) is 28.9 Å². The highest BCUT2D eigenvalue weighted by Gasteiger charge is 2.27. The molecular formula is C14H16BrN3O3. The Morgan fingerprint density at radius 3 is 2.76 bits per heavy atom. The van der Waals surface area contributed by atoms with Gasteiger partial charge in [0.05, 0.1) is 4.92 Å². The van der Waals surface area contributed by atoms with Gasteiger partial charge in [-0.25, -0.2) is 4.68 Å². The van der Waals surface area contributed by atoms with Crippen molar-refractivity contribution in [2.24, 2.45) is 0 Å². The fourth-order valence-corrected chi connectivity index (χ4v) is 2.35. The van der Waals surface area contributed by atoms with Gasteiger partial charge in [-0.15, -0.1) is 0 Å². The summed E-state index contributed by atoms with van der Waals surface area (Å²) in [6, 6.07) is 5.57. The van der Waals surface area contributed by atoms with Crippen LogP contribution in [0, 0.1) is 24.0 Å². The van der Waals surface area contributed by atoms with Crippen LogP contribution in [0.3, 0.4) is 0 Å². The summed E-state index contributed by atoms with van der Waals surface area (Å²) in [5, 5.41) is 15.5. The largest absolute Gasteiger partial charge is 0.434 e. The zero-order valence-electron chi connectivity index (χ0n) is 12.1. The molecule has 112 valence electrons. The SMILES string of the molecule is CCCn1nc(C)c([N+](=O)[O-])c1Oc1cc(Br)ccc1C. The maximum Gasteiger partial charge on any atom is 0.353 e. The van der Waals surface area contributed by atoms with Crippen LogP contribution in [0.15, 0.2) is 22.7 Å². The lowest BCUT2D eigenvalue weighted by atomic mass is 10.2. The monoisotopic (exact) mass is 353 g/mol. The van der Waals surface area contributed by atoms with Crippen molar-refractivity contribution in [1.29, 1.82) is 0 Å². The Labute approximate surface area is 131 Å². The Kier molecular flexibility index (Phi) is 4.62. The highest BCUT2D eigenvalue weighted by molar-refractivity contribution is 9.10. The molecule has 0 saturated heterocycles. The number of aromatic nitrogens is 2. The molecule has 0 fully saturated rings. The Morgan fingerprint density at radius 2 is 2.14 bits per heavy atom. The molecule has 2 aromatic rings. The van der Waals surface area contributed by atoms with E-state index in [-0.39, 0.29) is 11.6 Å². The van der Waals surface area contributed by atoms with Crippen LogP contribution in [0.2, 0.25) is 0 Å². The van der Waals surface area contributed by atoms with E-state index in [1.807, 2.05) is 26.0 Å². The van der Waals surface area contributed by atoms with Gasteiger partial charge in [0.1, 0.15) is 11.4 Å². The molecule has 0 N–H and O–H groups in total. The van der Waals surface area contributed by atoms with Crippen LogP contribution in [0.5, 0.6) is 11.6 Å². The molecule has 2 rings (SSSR count). The highest BCUT2D eigenvalue weighted by Crippen LogP contribution is 2.36. The van der Waals surface area contributed by atoms with Crippen LogP contribution >= 0.6 is 15.9 Å². The summed E-state index contributed by atoms with van der Waals surface area (Å²) in [6.45, 7) is 6.06. The van der Waals surface area contributed by atoms with Crippen molar-refractivity contribution in [2.45, 2.75) is 33.7 Å². The average molecular weight is 354 g/mol. The smallest absolute Gasteiger partial charge is 0.353 e. The van der Waals surface area contributed by atoms with E-state index in [1.165, 1.54) is 0 Å². The first-order valence-electron chi connectivity index (χ1n) is 6.59. The van der Waals surface area contributed by atoms with E-state index >= 15 is 0 Å². The van der Waals surface area contributed by atoms with E-state index in [1.54, 1.807) is 17.7 Å². The van der Waals surface area contributed by atoms with Crippen LogP contribution in [0.25, 0.3) is 0 Å². The number of benzene rings is 1. The van der Waals surface area contributed by atoms with Crippen molar-refractivity contribution in [3.8, 4) is 11.6 Å². The minimum atomic E-state index is -0.447. The van der Waals surface area contributed by atoms with Gasteiger partial charge in [-0.2, -0.15) is 5.10 Å². The molecule has 7 heteroatoms. The van der Waals surface area contributed by atoms with E-state index in [0.29, 0.717) is 18.0 Å². The number of halogens is 1. The van der Waals surface area contributed by atoms with Crippen LogP contribution in [0.4, 0.5) is 5.69 Å². The third kappa shape index (κ3) is 3.24. The number of rotatable bonds is 5. The summed E-state index contributed by atoms with van der Waals surface area (Å²) in [4.78, 5) is 10.8. The van der Waals surface area contributed by atoms with Crippen molar-refractivity contribution >= 4 is 21.6 Å². The summed E-state index contributed by atoms with van der Waals surface area (Å²) in [5.74, 6) is 0.755. The molecule has 1 heterocycles. The van der Waals surface area contributed by atoms with Gasteiger partial charge in [-0.3, -0.25) is 10.1 Å². The van der Waals surface area contributed by atoms with Crippen molar-refractivity contribution in [1.82, 2.24) is 9.78 Å². The molecule has 0 aliphatic rings. The molecule has 0 spiro atoms. The molecule has 6 nitrogen and oxygen atoms in total. The molecule has 0 bridgehead atoms. The predicted molar refractivity (Wildman–Crippen MR) is 82.9 cm³/mol. The minimum absolute atomic E-state index is 0.0807. The van der Waals surface area contributed by atoms with E-state index in [9.17, 15) is 10.1 Å². The first kappa shape index (κ1) is 15.5. The van der Waals surface area contributed by atoms with E-state index in [4.69, 9.17) is 4.74 Å². The number of nitro groups is 1. The second-order valence-electron chi connectivity index (χ2n) is 4.73. The van der Waals surface area contributed by atoms with E-state index < -0.39 is 4.92 Å². The van der Waals surface area contributed by atoms with Gasteiger partial charge in [0, 0.05) is 11.0 Å². The number of nitrogens with zero attached hydrogens (tertiary/aromatic N) is 3. The normalized spacial score (nSPS) is 10.7. The fourth-order valence-electron chi connectivity index (χ4n) is 2.01. The highest BCUT2D eigenvalue weighted by atomic mass is 79.9. The second-order valence-corrected chi connectivity index (χ2v) is 5.65. The molecule has 1 aromatic heterocycles. The molecular weight excluding hydrogens is 338 g/mol. The lowest BCUT2D eigenvalue weighted by Crippen LogP contribution is -2.03. The number of hydrogen-bond acceptors (Lipinski definition) is 4. The first-order chi connectivity index (χ1) is 9.93. The Bertz CT molecular complexity index is 682. The van der Waals surface area contributed by atoms with Gasteiger partial charge in [0.15, 0.2) is 0 Å². The average Bonchev–Trinajstić information content (AvgIpc) is 2.70. The molecule has 0 radical (unpaired) electrons. The third-order valence-corrected chi connectivity index (χ3v) is 3.52. The summed E-state index contributed by atoms with van der Waals surface area (Å²) in [5.41, 5.74) is 1.17. The summed E-state index contributed by atoms with van der Waals surface area (Å²) in [7, 11) is 0. The van der Waals surface area contributed by atoms with Crippen LogP contribution in [0.1, 0.15) is 24.6 Å². The molecule has 0 atom stereocenters. The predicted octanol–water partition coefficient (Wildman–Crippen LogP) is 4.37. The topological polar surface area (TPSA) is 70.2 Å². The summed E-state index contributed by atoms with van der Waals surface area (Å²) >= 11 is 3.38. The maximum atomic E-state index is 11.3. The third-order valence-electron chi connectivity index (χ3n) is 3.03. The van der Waals surface area contributed by atoms with Gasteiger partial charge >= 0.3 is 5.69 Å². The maximum absolute atomic E-state index is 11.3. The quantitative estimate of drug-likeness (QED) is 0.590. The minimum Gasteiger partial charge on any atom is -0.434 e. The number of ether oxygens (including phenoxy) is 1. The molecule has 0 unspecified atom stereocenters. The van der Waals surface area contributed by atoms with Crippen molar-refractivity contribution in [3.63, 3.8) is 0 Å². The van der Waals surface area contributed by atoms with Gasteiger partial charge in [-0.05, 0) is 38.0 Å². The lowest BCUT2D eigenvalue weighted by Gasteiger charge is -2.10. The van der Waals surface area contributed by atoms with Crippen molar-refractivity contribution < 1.29 is 9.66 Å². The second kappa shape index (κ2) is 6.26. The fraction of sp³-hybridized carbons (Fsp3) is 0.357. The molecule has 21 heavy (non-hydrogen) atoms. The Hall–Kier alpha value is -1.89. The van der Waals surface area contributed by atoms with E-state index in [0.717, 1.165) is 16.5 Å². The lowest BCUT2D eigenvalue weighted by molar-refractivity contribution is -0.386. The van der Waals surface area contributed by atoms with Gasteiger partial charge in [0.2, 0.25) is 0 Å². The van der Waals surface area contributed by atoms with Crippen LogP contribution in [-0.4, -0.2) is 14.7 Å². The van der Waals surface area contributed by atoms with E-state index in [2.05, 4.69) is 21.0 Å². The molecule has 0 aliphatic carbocycles. The molecule has 1 aromatic carbocycles. The molecule has 0 saturated carbocycles. The van der Waals surface area contributed by atoms with Crippen molar-refractivity contribution in [2.75, 3.05) is 0 Å². The molecule has 0 amide bonds. The van der Waals surface area contributed by atoms with Crippen LogP contribution in [-0.2, 0) is 6.54 Å². The van der Waals surface area contributed by atoms with Crippen molar-refractivity contribution in [3.05, 3.63) is 44.0 Å². The Balaban J connectivity index is 2.51. The number of hydrogen-bond donors (Lipinski definition) is 0.